The number of carbonyl (C=O) groups is 1. The molecule has 8 heteroatoms. The van der Waals surface area contributed by atoms with Crippen LogP contribution in [0.5, 0.6) is 0 Å². The van der Waals surface area contributed by atoms with Crippen molar-refractivity contribution in [1.82, 2.24) is 14.9 Å². The maximum atomic E-state index is 12.3. The zero-order chi connectivity index (χ0) is 15.3. The van der Waals surface area contributed by atoms with Gasteiger partial charge in [0.05, 0.1) is 5.75 Å². The van der Waals surface area contributed by atoms with Crippen LogP contribution in [-0.2, 0) is 14.8 Å². The van der Waals surface area contributed by atoms with E-state index in [1.54, 1.807) is 0 Å². The van der Waals surface area contributed by atoms with E-state index >= 15 is 0 Å². The predicted molar refractivity (Wildman–Crippen MR) is 89.7 cm³/mol. The maximum absolute atomic E-state index is 12.3. The lowest BCUT2D eigenvalue weighted by molar-refractivity contribution is -0.124. The highest BCUT2D eigenvalue weighted by Gasteiger charge is 2.38. The van der Waals surface area contributed by atoms with Gasteiger partial charge in [0, 0.05) is 19.1 Å². The molecule has 2 N–H and O–H groups in total. The minimum atomic E-state index is -3.30. The molecule has 0 aromatic carbocycles. The van der Waals surface area contributed by atoms with E-state index in [0.717, 1.165) is 32.2 Å². The average molecular weight is 354 g/mol. The van der Waals surface area contributed by atoms with Crippen molar-refractivity contribution in [3.05, 3.63) is 0 Å². The normalized spacial score (nSPS) is 25.9. The lowest BCUT2D eigenvalue weighted by Crippen LogP contribution is -2.48. The van der Waals surface area contributed by atoms with Crippen molar-refractivity contribution < 1.29 is 13.2 Å². The SMILES string of the molecule is CCCCS(=O)(=O)N1CCCC1C(=O)NCC1CCCN1.Cl. The van der Waals surface area contributed by atoms with Crippen LogP contribution in [0.25, 0.3) is 0 Å². The van der Waals surface area contributed by atoms with Crippen LogP contribution in [0.1, 0.15) is 45.4 Å². The molecule has 0 aliphatic carbocycles. The molecule has 0 aromatic heterocycles. The zero-order valence-corrected chi connectivity index (χ0v) is 14.8. The average Bonchev–Trinajstić information content (AvgIpc) is 3.13. The third-order valence-electron chi connectivity index (χ3n) is 4.30. The van der Waals surface area contributed by atoms with E-state index in [1.165, 1.54) is 4.31 Å². The van der Waals surface area contributed by atoms with Crippen LogP contribution in [0.2, 0.25) is 0 Å². The molecule has 2 unspecified atom stereocenters. The molecule has 0 spiro atoms. The van der Waals surface area contributed by atoms with Crippen LogP contribution in [0.15, 0.2) is 0 Å². The quantitative estimate of drug-likeness (QED) is 0.712. The van der Waals surface area contributed by atoms with Crippen molar-refractivity contribution in [2.24, 2.45) is 0 Å². The van der Waals surface area contributed by atoms with Gasteiger partial charge in [-0.1, -0.05) is 13.3 Å². The van der Waals surface area contributed by atoms with Gasteiger partial charge in [-0.05, 0) is 38.6 Å². The van der Waals surface area contributed by atoms with Crippen molar-refractivity contribution in [3.8, 4) is 0 Å². The molecule has 130 valence electrons. The smallest absolute Gasteiger partial charge is 0.238 e. The van der Waals surface area contributed by atoms with Gasteiger partial charge in [-0.2, -0.15) is 4.31 Å². The Morgan fingerprint density at radius 3 is 2.73 bits per heavy atom. The molecule has 22 heavy (non-hydrogen) atoms. The van der Waals surface area contributed by atoms with E-state index in [2.05, 4.69) is 10.6 Å². The van der Waals surface area contributed by atoms with Crippen LogP contribution < -0.4 is 10.6 Å². The summed E-state index contributed by atoms with van der Waals surface area (Å²) in [4.78, 5) is 12.3. The summed E-state index contributed by atoms with van der Waals surface area (Å²) in [5.41, 5.74) is 0. The second kappa shape index (κ2) is 9.05. The summed E-state index contributed by atoms with van der Waals surface area (Å²) in [7, 11) is -3.30. The highest BCUT2D eigenvalue weighted by molar-refractivity contribution is 7.89. The molecule has 0 aromatic rings. The standard InChI is InChI=1S/C14H27N3O3S.ClH/c1-2-3-10-21(19,20)17-9-5-7-13(17)14(18)16-11-12-6-4-8-15-12;/h12-13,15H,2-11H2,1H3,(H,16,18);1H. The first kappa shape index (κ1) is 19.7. The second-order valence-electron chi connectivity index (χ2n) is 5.98. The fraction of sp³-hybridized carbons (Fsp3) is 0.929. The van der Waals surface area contributed by atoms with E-state index in [0.29, 0.717) is 32.0 Å². The molecular weight excluding hydrogens is 326 g/mol. The highest BCUT2D eigenvalue weighted by atomic mass is 35.5. The summed E-state index contributed by atoms with van der Waals surface area (Å²) >= 11 is 0. The first-order chi connectivity index (χ1) is 10.0. The first-order valence-corrected chi connectivity index (χ1v) is 9.66. The van der Waals surface area contributed by atoms with Gasteiger partial charge in [0.15, 0.2) is 0 Å². The van der Waals surface area contributed by atoms with Gasteiger partial charge < -0.3 is 10.6 Å². The molecule has 6 nitrogen and oxygen atoms in total. The summed E-state index contributed by atoms with van der Waals surface area (Å²) in [6, 6.07) is -0.172. The highest BCUT2D eigenvalue weighted by Crippen LogP contribution is 2.22. The summed E-state index contributed by atoms with van der Waals surface area (Å²) in [5, 5.41) is 6.24. The van der Waals surface area contributed by atoms with E-state index in [1.807, 2.05) is 6.92 Å². The molecule has 2 saturated heterocycles. The Bertz CT molecular complexity index is 452. The summed E-state index contributed by atoms with van der Waals surface area (Å²) in [5.74, 6) is 0.0125. The number of sulfonamides is 1. The minimum absolute atomic E-state index is 0. The first-order valence-electron chi connectivity index (χ1n) is 8.05. The van der Waals surface area contributed by atoms with Crippen LogP contribution >= 0.6 is 12.4 Å². The third-order valence-corrected chi connectivity index (χ3v) is 6.26. The van der Waals surface area contributed by atoms with Crippen LogP contribution in [0, 0.1) is 0 Å². The number of carbonyl (C=O) groups excluding carboxylic acids is 1. The summed E-state index contributed by atoms with van der Waals surface area (Å²) < 4.78 is 26.0. The molecule has 2 atom stereocenters. The number of hydrogen-bond donors (Lipinski definition) is 2. The van der Waals surface area contributed by atoms with Crippen molar-refractivity contribution >= 4 is 28.3 Å². The van der Waals surface area contributed by atoms with Crippen molar-refractivity contribution in [2.75, 3.05) is 25.4 Å². The van der Waals surface area contributed by atoms with Crippen molar-refractivity contribution in [2.45, 2.75) is 57.5 Å². The predicted octanol–water partition coefficient (Wildman–Crippen LogP) is 0.871. The molecule has 2 fully saturated rings. The van der Waals surface area contributed by atoms with E-state index in [-0.39, 0.29) is 24.1 Å². The van der Waals surface area contributed by atoms with E-state index < -0.39 is 16.1 Å². The molecule has 0 bridgehead atoms. The largest absolute Gasteiger partial charge is 0.353 e. The van der Waals surface area contributed by atoms with Gasteiger partial charge in [0.2, 0.25) is 15.9 Å². The van der Waals surface area contributed by atoms with Crippen LogP contribution in [-0.4, -0.2) is 56.1 Å². The fourth-order valence-electron chi connectivity index (χ4n) is 3.05. The number of hydrogen-bond acceptors (Lipinski definition) is 4. The van der Waals surface area contributed by atoms with Gasteiger partial charge in [-0.3, -0.25) is 4.79 Å². The van der Waals surface area contributed by atoms with E-state index in [4.69, 9.17) is 0 Å². The topological polar surface area (TPSA) is 78.5 Å². The minimum Gasteiger partial charge on any atom is -0.353 e. The van der Waals surface area contributed by atoms with Crippen molar-refractivity contribution in [3.63, 3.8) is 0 Å². The molecule has 2 aliphatic heterocycles. The number of nitrogens with one attached hydrogen (secondary N) is 2. The van der Waals surface area contributed by atoms with Gasteiger partial charge in [-0.25, -0.2) is 8.42 Å². The van der Waals surface area contributed by atoms with Crippen LogP contribution in [0.3, 0.4) is 0 Å². The van der Waals surface area contributed by atoms with E-state index in [9.17, 15) is 13.2 Å². The monoisotopic (exact) mass is 353 g/mol. The zero-order valence-electron chi connectivity index (χ0n) is 13.2. The Labute approximate surface area is 139 Å². The molecule has 2 aliphatic rings. The number of rotatable bonds is 7. The van der Waals surface area contributed by atoms with Gasteiger partial charge in [-0.15, -0.1) is 12.4 Å². The van der Waals surface area contributed by atoms with Gasteiger partial charge in [0.1, 0.15) is 6.04 Å². The lowest BCUT2D eigenvalue weighted by atomic mass is 10.2. The molecule has 0 radical (unpaired) electrons. The van der Waals surface area contributed by atoms with Gasteiger partial charge in [0.25, 0.3) is 0 Å². The maximum Gasteiger partial charge on any atom is 0.238 e. The molecular formula is C14H28ClN3O3S. The molecule has 0 saturated carbocycles. The third kappa shape index (κ3) is 5.08. The Hall–Kier alpha value is -0.370. The Balaban J connectivity index is 0.00000242. The Kier molecular flexibility index (Phi) is 8.10. The van der Waals surface area contributed by atoms with Gasteiger partial charge >= 0.3 is 0 Å². The summed E-state index contributed by atoms with van der Waals surface area (Å²) in [6.45, 7) is 4.05. The number of unbranched alkanes of at least 4 members (excludes halogenated alkanes) is 1. The molecule has 1 amide bonds. The molecule has 2 rings (SSSR count). The molecule has 2 heterocycles. The lowest BCUT2D eigenvalue weighted by Gasteiger charge is -2.24. The Morgan fingerprint density at radius 1 is 1.32 bits per heavy atom. The number of nitrogens with zero attached hydrogens (tertiary/aromatic N) is 1. The van der Waals surface area contributed by atoms with Crippen LogP contribution in [0.4, 0.5) is 0 Å². The fourth-order valence-corrected chi connectivity index (χ4v) is 4.94. The van der Waals surface area contributed by atoms with Crippen molar-refractivity contribution in [1.29, 1.82) is 0 Å². The number of amides is 1. The Morgan fingerprint density at radius 2 is 2.09 bits per heavy atom. The summed E-state index contributed by atoms with van der Waals surface area (Å²) in [6.07, 6.45) is 5.11. The second-order valence-corrected chi connectivity index (χ2v) is 8.02. The number of halogens is 1.